The van der Waals surface area contributed by atoms with E-state index in [4.69, 9.17) is 18.9 Å². The van der Waals surface area contributed by atoms with Crippen LogP contribution in [0.25, 0.3) is 0 Å². The van der Waals surface area contributed by atoms with Crippen LogP contribution >= 0.6 is 0 Å². The smallest absolute Gasteiger partial charge is 0.338 e. The largest absolute Gasteiger partial charge is 0.462 e. The van der Waals surface area contributed by atoms with Crippen molar-refractivity contribution < 1.29 is 57.3 Å². The Bertz CT molecular complexity index is 2920. The van der Waals surface area contributed by atoms with Crippen LogP contribution in [0.1, 0.15) is 133 Å². The van der Waals surface area contributed by atoms with Crippen LogP contribution in [0.3, 0.4) is 0 Å². The monoisotopic (exact) mass is 992 g/mol. The van der Waals surface area contributed by atoms with Gasteiger partial charge in [-0.2, -0.15) is 0 Å². The second-order valence-corrected chi connectivity index (χ2v) is 17.9. The fraction of sp³-hybridized carbons (Fsp3) is 0.263. The fourth-order valence-electron chi connectivity index (χ4n) is 7.03. The molecule has 16 nitrogen and oxygen atoms in total. The molecule has 0 spiro atoms. The van der Waals surface area contributed by atoms with Crippen LogP contribution in [-0.2, 0) is 34.0 Å². The third-order valence-corrected chi connectivity index (χ3v) is 11.6. The van der Waals surface area contributed by atoms with Crippen LogP contribution < -0.4 is 21.3 Å². The van der Waals surface area contributed by atoms with Crippen molar-refractivity contribution in [1.29, 1.82) is 0 Å². The molecule has 4 N–H and O–H groups in total. The summed E-state index contributed by atoms with van der Waals surface area (Å²) < 4.78 is 21.6. The summed E-state index contributed by atoms with van der Waals surface area (Å²) in [5.41, 5.74) is 3.61. The minimum absolute atomic E-state index is 0.00834. The van der Waals surface area contributed by atoms with Crippen LogP contribution in [0.5, 0.6) is 0 Å². The summed E-state index contributed by atoms with van der Waals surface area (Å²) in [5, 5.41) is 11.0. The van der Waals surface area contributed by atoms with Crippen molar-refractivity contribution in [3.63, 3.8) is 0 Å². The van der Waals surface area contributed by atoms with E-state index in [9.17, 15) is 38.4 Å². The number of carbonyl (C=O) groups is 8. The normalized spacial score (nSPS) is 11.7. The van der Waals surface area contributed by atoms with E-state index in [-0.39, 0.29) is 70.9 Å². The number of hydrogen-bond acceptors (Lipinski definition) is 12. The standard InChI is InChI=1S/C57H60N4O12/c1-33(2)53(66)72-36(6)27-29-70-55(68)45-25-17-40(31-47(45)51(64)58-10)57(8,9)41-18-26-46(56(69)71-30-28-37(7)73-54(67)34(3)4)48(32-41)52(65)61-42-19-15-39(16-20-42)50(63)60-44-23-21-43(22-24-44)59-49(62)38-13-11-35(5)12-14-38/h11-26,31-32,36-37H,1,3,27-30H2,2,4-10H3,(H,58,64)(H,59,62)(H,60,63)(H,61,65). The van der Waals surface area contributed by atoms with Crippen molar-refractivity contribution in [1.82, 2.24) is 5.32 Å². The Labute approximate surface area is 424 Å². The number of esters is 4. The maximum atomic E-state index is 14.3. The van der Waals surface area contributed by atoms with Gasteiger partial charge < -0.3 is 40.2 Å². The Hall–Kier alpha value is -8.66. The lowest BCUT2D eigenvalue weighted by Crippen LogP contribution is -2.26. The average Bonchev–Trinajstić information content (AvgIpc) is 3.36. The minimum Gasteiger partial charge on any atom is -0.462 e. The van der Waals surface area contributed by atoms with Gasteiger partial charge in [0.05, 0.1) is 35.5 Å². The molecule has 0 aliphatic heterocycles. The zero-order chi connectivity index (χ0) is 53.6. The minimum atomic E-state index is -0.960. The molecule has 0 bridgehead atoms. The summed E-state index contributed by atoms with van der Waals surface area (Å²) in [6.45, 7) is 18.8. The summed E-state index contributed by atoms with van der Waals surface area (Å²) in [6, 6.07) is 29.2. The van der Waals surface area contributed by atoms with Gasteiger partial charge in [0, 0.05) is 64.6 Å². The number of hydrogen-bond donors (Lipinski definition) is 4. The fourth-order valence-corrected chi connectivity index (χ4v) is 7.03. The van der Waals surface area contributed by atoms with Crippen LogP contribution in [0.15, 0.2) is 133 Å². The SMILES string of the molecule is C=C(C)C(=O)OC(C)CCOC(=O)c1ccc(C(C)(C)c2ccc(C(=O)OCCC(C)OC(=O)C(=C)C)c(C(=O)Nc3ccc(C(=O)Nc4ccc(NC(=O)c5ccc(C)cc5)cc4)cc3)c2)cc1C(=O)NC. The van der Waals surface area contributed by atoms with E-state index < -0.39 is 59.2 Å². The summed E-state index contributed by atoms with van der Waals surface area (Å²) in [4.78, 5) is 104. The maximum absolute atomic E-state index is 14.3. The van der Waals surface area contributed by atoms with E-state index in [1.807, 2.05) is 32.9 Å². The predicted molar refractivity (Wildman–Crippen MR) is 277 cm³/mol. The molecule has 0 saturated carbocycles. The molecule has 5 aromatic rings. The van der Waals surface area contributed by atoms with Crippen molar-refractivity contribution in [2.45, 2.75) is 78.9 Å². The van der Waals surface area contributed by atoms with Crippen molar-refractivity contribution in [3.8, 4) is 0 Å². The van der Waals surface area contributed by atoms with Gasteiger partial charge in [-0.3, -0.25) is 19.2 Å². The summed E-state index contributed by atoms with van der Waals surface area (Å²) >= 11 is 0. The van der Waals surface area contributed by atoms with Gasteiger partial charge in [-0.15, -0.1) is 0 Å². The number of benzene rings is 5. The number of amides is 4. The molecule has 4 amide bonds. The first-order valence-electron chi connectivity index (χ1n) is 23.4. The molecule has 0 heterocycles. The van der Waals surface area contributed by atoms with Gasteiger partial charge in [0.15, 0.2) is 0 Å². The summed E-state index contributed by atoms with van der Waals surface area (Å²) in [6.07, 6.45) is -0.804. The molecule has 0 aliphatic carbocycles. The molecule has 5 aromatic carbocycles. The highest BCUT2D eigenvalue weighted by molar-refractivity contribution is 6.12. The van der Waals surface area contributed by atoms with Gasteiger partial charge in [0.25, 0.3) is 23.6 Å². The maximum Gasteiger partial charge on any atom is 0.338 e. The Morgan fingerprint density at radius 2 is 0.863 bits per heavy atom. The third kappa shape index (κ3) is 15.2. The topological polar surface area (TPSA) is 222 Å². The Morgan fingerprint density at radius 3 is 1.25 bits per heavy atom. The highest BCUT2D eigenvalue weighted by Crippen LogP contribution is 2.35. The lowest BCUT2D eigenvalue weighted by atomic mass is 9.76. The molecule has 2 atom stereocenters. The van der Waals surface area contributed by atoms with E-state index in [1.54, 1.807) is 68.4 Å². The Morgan fingerprint density at radius 1 is 0.507 bits per heavy atom. The Balaban J connectivity index is 1.35. The van der Waals surface area contributed by atoms with E-state index in [1.165, 1.54) is 63.4 Å². The second kappa shape index (κ2) is 24.9. The molecular formula is C57H60N4O12. The molecule has 2 unspecified atom stereocenters. The van der Waals surface area contributed by atoms with Crippen LogP contribution in [0, 0.1) is 6.92 Å². The van der Waals surface area contributed by atoms with Gasteiger partial charge in [-0.05, 0) is 131 Å². The van der Waals surface area contributed by atoms with Gasteiger partial charge >= 0.3 is 23.9 Å². The summed E-state index contributed by atoms with van der Waals surface area (Å²) in [7, 11) is 1.42. The first kappa shape index (κ1) is 55.3. The molecule has 0 aromatic heterocycles. The second-order valence-electron chi connectivity index (χ2n) is 17.9. The number of carbonyl (C=O) groups excluding carboxylic acids is 8. The average molecular weight is 993 g/mol. The molecule has 0 aliphatic rings. The van der Waals surface area contributed by atoms with Gasteiger partial charge in [-0.25, -0.2) is 19.2 Å². The zero-order valence-corrected chi connectivity index (χ0v) is 42.2. The first-order valence-corrected chi connectivity index (χ1v) is 23.4. The van der Waals surface area contributed by atoms with E-state index in [0.717, 1.165) is 5.56 Å². The van der Waals surface area contributed by atoms with Crippen LogP contribution in [-0.4, -0.2) is 80.0 Å². The molecular weight excluding hydrogens is 933 g/mol. The van der Waals surface area contributed by atoms with Crippen molar-refractivity contribution in [3.05, 3.63) is 184 Å². The third-order valence-electron chi connectivity index (χ3n) is 11.6. The molecule has 0 radical (unpaired) electrons. The van der Waals surface area contributed by atoms with Crippen LogP contribution in [0.2, 0.25) is 0 Å². The highest BCUT2D eigenvalue weighted by atomic mass is 16.6. The highest BCUT2D eigenvalue weighted by Gasteiger charge is 2.30. The zero-order valence-electron chi connectivity index (χ0n) is 42.2. The molecule has 380 valence electrons. The summed E-state index contributed by atoms with van der Waals surface area (Å²) in [5.74, 6) is -4.70. The number of nitrogens with one attached hydrogen (secondary N) is 4. The lowest BCUT2D eigenvalue weighted by molar-refractivity contribution is -0.144. The number of rotatable bonds is 21. The van der Waals surface area contributed by atoms with E-state index in [0.29, 0.717) is 33.8 Å². The first-order chi connectivity index (χ1) is 34.6. The van der Waals surface area contributed by atoms with Gasteiger partial charge in [0.1, 0.15) is 12.2 Å². The van der Waals surface area contributed by atoms with E-state index in [2.05, 4.69) is 34.4 Å². The number of anilines is 3. The molecule has 73 heavy (non-hydrogen) atoms. The van der Waals surface area contributed by atoms with Gasteiger partial charge in [-0.1, -0.05) is 56.8 Å². The molecule has 5 rings (SSSR count). The van der Waals surface area contributed by atoms with Crippen molar-refractivity contribution >= 4 is 64.6 Å². The number of aryl methyl sites for hydroxylation is 1. The quantitative estimate of drug-likeness (QED) is 0.0307. The Kier molecular flexibility index (Phi) is 18.9. The molecule has 16 heteroatoms. The molecule has 0 fully saturated rings. The van der Waals surface area contributed by atoms with E-state index >= 15 is 0 Å². The molecule has 0 saturated heterocycles. The van der Waals surface area contributed by atoms with Gasteiger partial charge in [0.2, 0.25) is 0 Å². The van der Waals surface area contributed by atoms with Crippen molar-refractivity contribution in [2.75, 3.05) is 36.2 Å². The lowest BCUT2D eigenvalue weighted by Gasteiger charge is -2.28. The van der Waals surface area contributed by atoms with Crippen LogP contribution in [0.4, 0.5) is 17.1 Å². The predicted octanol–water partition coefficient (Wildman–Crippen LogP) is 9.55. The number of ether oxygens (including phenoxy) is 4. The van der Waals surface area contributed by atoms with Crippen molar-refractivity contribution in [2.24, 2.45) is 0 Å².